The Hall–Kier alpha value is -2.41. The summed E-state index contributed by atoms with van der Waals surface area (Å²) in [6, 6.07) is 9.66. The lowest BCUT2D eigenvalue weighted by Gasteiger charge is -2.16. The minimum absolute atomic E-state index is 0.0146. The molecule has 0 saturated carbocycles. The molecule has 1 fully saturated rings. The second-order valence-corrected chi connectivity index (χ2v) is 6.53. The molecule has 7 heteroatoms. The molecular formula is C17H20N4O2S. The first kappa shape index (κ1) is 16.4. The van der Waals surface area contributed by atoms with Crippen molar-refractivity contribution in [2.45, 2.75) is 25.8 Å². The standard InChI is InChI=1S/C17H20N4O2S/c1-2-14(22)21-9-8-13(10-21)19-16(23)15-17(24-11-18-15)20-12-6-4-3-5-7-12/h3-7,11,13,20H,2,8-10H2,1H3,(H,19,23)/t13-/m0/s1. The van der Waals surface area contributed by atoms with Gasteiger partial charge in [-0.1, -0.05) is 25.1 Å². The molecule has 1 aliphatic heterocycles. The van der Waals surface area contributed by atoms with E-state index in [0.717, 1.165) is 17.1 Å². The number of amides is 2. The number of hydrogen-bond acceptors (Lipinski definition) is 5. The number of hydrogen-bond donors (Lipinski definition) is 2. The lowest BCUT2D eigenvalue weighted by molar-refractivity contribution is -0.129. The van der Waals surface area contributed by atoms with Crippen molar-refractivity contribution in [3.8, 4) is 0 Å². The van der Waals surface area contributed by atoms with Gasteiger partial charge in [-0.3, -0.25) is 9.59 Å². The molecule has 6 nitrogen and oxygen atoms in total. The van der Waals surface area contributed by atoms with Gasteiger partial charge in [0.15, 0.2) is 5.69 Å². The highest BCUT2D eigenvalue weighted by atomic mass is 32.1. The molecule has 0 aliphatic carbocycles. The van der Waals surface area contributed by atoms with Gasteiger partial charge in [0.05, 0.1) is 5.51 Å². The molecule has 1 aliphatic rings. The third kappa shape index (κ3) is 3.73. The summed E-state index contributed by atoms with van der Waals surface area (Å²) in [5.74, 6) is -0.0719. The lowest BCUT2D eigenvalue weighted by Crippen LogP contribution is -2.38. The van der Waals surface area contributed by atoms with Gasteiger partial charge in [0.25, 0.3) is 5.91 Å². The molecule has 1 atom stereocenters. The summed E-state index contributed by atoms with van der Waals surface area (Å²) >= 11 is 1.39. The monoisotopic (exact) mass is 344 g/mol. The second kappa shape index (κ2) is 7.44. The number of rotatable bonds is 5. The van der Waals surface area contributed by atoms with Gasteiger partial charge in [0.1, 0.15) is 5.00 Å². The van der Waals surface area contributed by atoms with E-state index in [4.69, 9.17) is 0 Å². The van der Waals surface area contributed by atoms with E-state index >= 15 is 0 Å². The Morgan fingerprint density at radius 3 is 2.88 bits per heavy atom. The third-order valence-corrected chi connectivity index (χ3v) is 4.73. The number of aromatic nitrogens is 1. The zero-order valence-corrected chi connectivity index (χ0v) is 14.3. The number of thiazole rings is 1. The van der Waals surface area contributed by atoms with Gasteiger partial charge in [-0.05, 0) is 18.6 Å². The third-order valence-electron chi connectivity index (χ3n) is 3.99. The Morgan fingerprint density at radius 2 is 2.12 bits per heavy atom. The van der Waals surface area contributed by atoms with Crippen LogP contribution in [0, 0.1) is 0 Å². The molecule has 1 saturated heterocycles. The number of carbonyl (C=O) groups is 2. The van der Waals surface area contributed by atoms with Crippen LogP contribution in [0.4, 0.5) is 10.7 Å². The number of likely N-dealkylation sites (tertiary alicyclic amines) is 1. The van der Waals surface area contributed by atoms with Crippen LogP contribution in [0.1, 0.15) is 30.3 Å². The average Bonchev–Trinajstić information content (AvgIpc) is 3.24. The zero-order chi connectivity index (χ0) is 16.9. The van der Waals surface area contributed by atoms with Crippen LogP contribution in [0.15, 0.2) is 35.8 Å². The summed E-state index contributed by atoms with van der Waals surface area (Å²) < 4.78 is 0. The van der Waals surface area contributed by atoms with Crippen molar-refractivity contribution in [3.05, 3.63) is 41.5 Å². The quantitative estimate of drug-likeness (QED) is 0.874. The SMILES string of the molecule is CCC(=O)N1CC[C@H](NC(=O)c2ncsc2Nc2ccccc2)C1. The molecular weight excluding hydrogens is 324 g/mol. The van der Waals surface area contributed by atoms with Crippen LogP contribution < -0.4 is 10.6 Å². The number of nitrogens with zero attached hydrogens (tertiary/aromatic N) is 2. The van der Waals surface area contributed by atoms with Crippen LogP contribution in [-0.2, 0) is 4.79 Å². The van der Waals surface area contributed by atoms with Gasteiger partial charge in [0.2, 0.25) is 5.91 Å². The minimum Gasteiger partial charge on any atom is -0.346 e. The molecule has 0 unspecified atom stereocenters. The van der Waals surface area contributed by atoms with Crippen LogP contribution in [-0.4, -0.2) is 40.8 Å². The first-order valence-electron chi connectivity index (χ1n) is 8.01. The Balaban J connectivity index is 1.62. The fraction of sp³-hybridized carbons (Fsp3) is 0.353. The van der Waals surface area contributed by atoms with Gasteiger partial charge in [-0.15, -0.1) is 11.3 Å². The van der Waals surface area contributed by atoms with E-state index in [2.05, 4.69) is 15.6 Å². The Bertz CT molecular complexity index is 716. The van der Waals surface area contributed by atoms with Crippen LogP contribution in [0.25, 0.3) is 0 Å². The molecule has 126 valence electrons. The normalized spacial score (nSPS) is 16.9. The van der Waals surface area contributed by atoms with Crippen LogP contribution >= 0.6 is 11.3 Å². The van der Waals surface area contributed by atoms with Crippen molar-refractivity contribution < 1.29 is 9.59 Å². The van der Waals surface area contributed by atoms with Crippen molar-refractivity contribution in [1.29, 1.82) is 0 Å². The maximum Gasteiger partial charge on any atom is 0.273 e. The molecule has 1 aromatic carbocycles. The Kier molecular flexibility index (Phi) is 5.10. The Labute approximate surface area is 144 Å². The largest absolute Gasteiger partial charge is 0.346 e. The molecule has 0 spiro atoms. The molecule has 2 N–H and O–H groups in total. The van der Waals surface area contributed by atoms with Gasteiger partial charge >= 0.3 is 0 Å². The van der Waals surface area contributed by atoms with Gasteiger partial charge < -0.3 is 15.5 Å². The van der Waals surface area contributed by atoms with Crippen molar-refractivity contribution in [3.63, 3.8) is 0 Å². The van der Waals surface area contributed by atoms with Gasteiger partial charge in [-0.2, -0.15) is 0 Å². The first-order valence-corrected chi connectivity index (χ1v) is 8.89. The molecule has 24 heavy (non-hydrogen) atoms. The number of anilines is 2. The molecule has 0 bridgehead atoms. The van der Waals surface area contributed by atoms with E-state index in [9.17, 15) is 9.59 Å². The van der Waals surface area contributed by atoms with E-state index in [0.29, 0.717) is 25.2 Å². The summed E-state index contributed by atoms with van der Waals surface area (Å²) in [5, 5.41) is 6.93. The molecule has 0 radical (unpaired) electrons. The number of nitrogens with one attached hydrogen (secondary N) is 2. The fourth-order valence-corrected chi connectivity index (χ4v) is 3.43. The second-order valence-electron chi connectivity index (χ2n) is 5.67. The van der Waals surface area contributed by atoms with E-state index in [-0.39, 0.29) is 17.9 Å². The van der Waals surface area contributed by atoms with Crippen LogP contribution in [0.2, 0.25) is 0 Å². The molecule has 2 aromatic rings. The maximum atomic E-state index is 12.5. The predicted octanol–water partition coefficient (Wildman–Crippen LogP) is 2.63. The van der Waals surface area contributed by atoms with E-state index in [1.54, 1.807) is 10.4 Å². The lowest BCUT2D eigenvalue weighted by atomic mass is 10.2. The van der Waals surface area contributed by atoms with E-state index < -0.39 is 0 Å². The minimum atomic E-state index is -0.203. The van der Waals surface area contributed by atoms with Crippen molar-refractivity contribution >= 4 is 33.8 Å². The average molecular weight is 344 g/mol. The number of carbonyl (C=O) groups excluding carboxylic acids is 2. The first-order chi connectivity index (χ1) is 11.7. The van der Waals surface area contributed by atoms with Crippen LogP contribution in [0.3, 0.4) is 0 Å². The highest BCUT2D eigenvalue weighted by Gasteiger charge is 2.27. The maximum absolute atomic E-state index is 12.5. The smallest absolute Gasteiger partial charge is 0.273 e. The van der Waals surface area contributed by atoms with Crippen molar-refractivity contribution in [2.75, 3.05) is 18.4 Å². The topological polar surface area (TPSA) is 74.3 Å². The summed E-state index contributed by atoms with van der Waals surface area (Å²) in [6.45, 7) is 3.12. The van der Waals surface area contributed by atoms with Gasteiger partial charge in [-0.25, -0.2) is 4.98 Å². The highest BCUT2D eigenvalue weighted by Crippen LogP contribution is 2.25. The van der Waals surface area contributed by atoms with E-state index in [1.807, 2.05) is 37.3 Å². The predicted molar refractivity (Wildman–Crippen MR) is 94.6 cm³/mol. The highest BCUT2D eigenvalue weighted by molar-refractivity contribution is 7.14. The fourth-order valence-electron chi connectivity index (χ4n) is 2.73. The summed E-state index contributed by atoms with van der Waals surface area (Å²) in [6.07, 6.45) is 1.28. The van der Waals surface area contributed by atoms with E-state index in [1.165, 1.54) is 11.3 Å². The van der Waals surface area contributed by atoms with Crippen molar-refractivity contribution in [1.82, 2.24) is 15.2 Å². The zero-order valence-electron chi connectivity index (χ0n) is 13.5. The summed E-state index contributed by atoms with van der Waals surface area (Å²) in [4.78, 5) is 30.2. The summed E-state index contributed by atoms with van der Waals surface area (Å²) in [7, 11) is 0. The van der Waals surface area contributed by atoms with Gasteiger partial charge in [0, 0.05) is 31.2 Å². The summed E-state index contributed by atoms with van der Waals surface area (Å²) in [5.41, 5.74) is 2.96. The molecule has 1 aromatic heterocycles. The van der Waals surface area contributed by atoms with Crippen LogP contribution in [0.5, 0.6) is 0 Å². The molecule has 2 amide bonds. The molecule has 2 heterocycles. The van der Waals surface area contributed by atoms with Crippen molar-refractivity contribution in [2.24, 2.45) is 0 Å². The number of benzene rings is 1. The number of para-hydroxylation sites is 1. The molecule has 3 rings (SSSR count). The Morgan fingerprint density at radius 1 is 1.33 bits per heavy atom.